The van der Waals surface area contributed by atoms with Crippen molar-refractivity contribution in [3.63, 3.8) is 0 Å². The first-order valence-corrected chi connectivity index (χ1v) is 15.5. The number of rotatable bonds is 10. The van der Waals surface area contributed by atoms with Crippen molar-refractivity contribution in [3.8, 4) is 5.75 Å². The van der Waals surface area contributed by atoms with Gasteiger partial charge in [-0.05, 0) is 86.8 Å². The number of hydrogen-bond donors (Lipinski definition) is 2. The summed E-state index contributed by atoms with van der Waals surface area (Å²) in [6.45, 7) is 8.68. The minimum atomic E-state index is -0.924. The number of ether oxygens (including phenoxy) is 2. The van der Waals surface area contributed by atoms with Crippen LogP contribution in [0.2, 0.25) is 5.02 Å². The fourth-order valence-electron chi connectivity index (χ4n) is 6.37. The predicted octanol–water partition coefficient (Wildman–Crippen LogP) is 5.36. The highest BCUT2D eigenvalue weighted by Gasteiger charge is 2.33. The molecule has 0 saturated carbocycles. The highest BCUT2D eigenvalue weighted by atomic mass is 35.5. The minimum Gasteiger partial charge on any atom is -0.491 e. The van der Waals surface area contributed by atoms with Crippen LogP contribution in [0.5, 0.6) is 5.75 Å². The zero-order valence-electron chi connectivity index (χ0n) is 25.0. The number of methoxy groups -OCH3 is 1. The van der Waals surface area contributed by atoms with Gasteiger partial charge in [-0.2, -0.15) is 0 Å². The van der Waals surface area contributed by atoms with Gasteiger partial charge < -0.3 is 24.8 Å². The second-order valence-corrected chi connectivity index (χ2v) is 12.6. The van der Waals surface area contributed by atoms with Crippen LogP contribution >= 0.6 is 11.6 Å². The summed E-state index contributed by atoms with van der Waals surface area (Å²) in [7, 11) is 1.45. The highest BCUT2D eigenvalue weighted by Crippen LogP contribution is 2.41. The number of fused-ring (bicyclic) bond motifs is 2. The third-order valence-electron chi connectivity index (χ3n) is 8.82. The van der Waals surface area contributed by atoms with E-state index in [-0.39, 0.29) is 12.0 Å². The molecule has 2 aromatic rings. The van der Waals surface area contributed by atoms with E-state index in [1.54, 1.807) is 0 Å². The Bertz CT molecular complexity index is 1290. The summed E-state index contributed by atoms with van der Waals surface area (Å²) in [6, 6.07) is 14.7. The van der Waals surface area contributed by atoms with Crippen molar-refractivity contribution < 1.29 is 19.4 Å². The Balaban J connectivity index is 1.29. The third-order valence-corrected chi connectivity index (χ3v) is 9.07. The summed E-state index contributed by atoms with van der Waals surface area (Å²) in [5.41, 5.74) is 3.55. The second kappa shape index (κ2) is 13.6. The molecule has 0 aliphatic carbocycles. The molecule has 7 nitrogen and oxygen atoms in total. The maximum atomic E-state index is 12.0. The molecule has 1 fully saturated rings. The van der Waals surface area contributed by atoms with E-state index < -0.39 is 5.60 Å². The van der Waals surface area contributed by atoms with Gasteiger partial charge in [0.25, 0.3) is 0 Å². The van der Waals surface area contributed by atoms with E-state index in [2.05, 4.69) is 45.5 Å². The molecule has 5 rings (SSSR count). The topological polar surface area (TPSA) is 74.3 Å². The van der Waals surface area contributed by atoms with Gasteiger partial charge in [0.15, 0.2) is 0 Å². The van der Waals surface area contributed by atoms with E-state index in [0.29, 0.717) is 31.5 Å². The Hall–Kier alpha value is -2.84. The lowest BCUT2D eigenvalue weighted by atomic mass is 9.82. The molecule has 0 radical (unpaired) electrons. The summed E-state index contributed by atoms with van der Waals surface area (Å²) >= 11 is 6.11. The van der Waals surface area contributed by atoms with Crippen LogP contribution in [0.15, 0.2) is 60.8 Å². The van der Waals surface area contributed by atoms with Crippen molar-refractivity contribution in [3.05, 3.63) is 82.5 Å². The van der Waals surface area contributed by atoms with Gasteiger partial charge in [-0.1, -0.05) is 42.0 Å². The van der Waals surface area contributed by atoms with E-state index in [1.165, 1.54) is 18.2 Å². The summed E-state index contributed by atoms with van der Waals surface area (Å²) in [4.78, 5) is 16.9. The van der Waals surface area contributed by atoms with Crippen LogP contribution in [0.4, 0.5) is 0 Å². The van der Waals surface area contributed by atoms with E-state index in [9.17, 15) is 9.90 Å². The lowest BCUT2D eigenvalue weighted by Crippen LogP contribution is -2.39. The van der Waals surface area contributed by atoms with Crippen molar-refractivity contribution in [2.45, 2.75) is 63.8 Å². The minimum absolute atomic E-state index is 0.177. The molecule has 2 aromatic carbocycles. The van der Waals surface area contributed by atoms with Crippen molar-refractivity contribution in [2.24, 2.45) is 5.92 Å². The van der Waals surface area contributed by atoms with Gasteiger partial charge in [-0.25, -0.2) is 0 Å². The normalized spacial score (nSPS) is 23.2. The van der Waals surface area contributed by atoms with Crippen LogP contribution in [0.25, 0.3) is 5.57 Å². The standard InChI is InChI=1S/C34H44ClN3O4/c1-34(2,40)25-10-13-32-30(20-25)28(29-6-4-16-36-31(29)23-42-32)7-5-17-37-18-14-27(22-37)38(19-15-33(39)41-3)21-24-8-11-26(35)12-9-24/h4,7-13,16,20,27,29,31,36,40H,5-6,14-15,17-19,21-23H2,1-3H3/b28-7+/t27-,29?,31?/m1/s1. The predicted molar refractivity (Wildman–Crippen MR) is 167 cm³/mol. The van der Waals surface area contributed by atoms with Crippen LogP contribution in [0, 0.1) is 5.92 Å². The van der Waals surface area contributed by atoms with Gasteiger partial charge >= 0.3 is 5.97 Å². The van der Waals surface area contributed by atoms with Crippen LogP contribution in [0.3, 0.4) is 0 Å². The lowest BCUT2D eigenvalue weighted by molar-refractivity contribution is -0.141. The number of benzene rings is 2. The molecular formula is C34H44ClN3O4. The Morgan fingerprint density at radius 3 is 2.83 bits per heavy atom. The van der Waals surface area contributed by atoms with Crippen molar-refractivity contribution in [2.75, 3.05) is 39.9 Å². The largest absolute Gasteiger partial charge is 0.491 e. The number of esters is 1. The third kappa shape index (κ3) is 7.56. The molecule has 3 aliphatic heterocycles. The summed E-state index contributed by atoms with van der Waals surface area (Å²) in [5, 5.41) is 15.0. The summed E-state index contributed by atoms with van der Waals surface area (Å²) in [6.07, 6.45) is 9.99. The first-order valence-electron chi connectivity index (χ1n) is 15.1. The average Bonchev–Trinajstić information content (AvgIpc) is 3.39. The maximum absolute atomic E-state index is 12.0. The molecule has 226 valence electrons. The first-order chi connectivity index (χ1) is 20.2. The molecular weight excluding hydrogens is 550 g/mol. The van der Waals surface area contributed by atoms with E-state index in [4.69, 9.17) is 21.1 Å². The summed E-state index contributed by atoms with van der Waals surface area (Å²) < 4.78 is 11.2. The molecule has 3 heterocycles. The Labute approximate surface area is 255 Å². The number of halogens is 1. The van der Waals surface area contributed by atoms with Crippen LogP contribution < -0.4 is 10.1 Å². The van der Waals surface area contributed by atoms with Gasteiger partial charge in [-0.3, -0.25) is 9.69 Å². The number of carbonyl (C=O) groups excluding carboxylic acids is 1. The first kappa shape index (κ1) is 30.6. The molecule has 0 amide bonds. The van der Waals surface area contributed by atoms with E-state index in [1.807, 2.05) is 44.3 Å². The molecule has 3 aliphatic rings. The van der Waals surface area contributed by atoms with Gasteiger partial charge in [-0.15, -0.1) is 0 Å². The number of nitrogens with zero attached hydrogens (tertiary/aromatic N) is 2. The number of nitrogens with one attached hydrogen (secondary N) is 1. The van der Waals surface area contributed by atoms with Gasteiger partial charge in [0.2, 0.25) is 0 Å². The Kier molecular flexibility index (Phi) is 9.94. The van der Waals surface area contributed by atoms with Crippen LogP contribution in [0.1, 0.15) is 56.2 Å². The Morgan fingerprint density at radius 1 is 1.26 bits per heavy atom. The molecule has 42 heavy (non-hydrogen) atoms. The molecule has 2 N–H and O–H groups in total. The van der Waals surface area contributed by atoms with Crippen molar-refractivity contribution in [1.82, 2.24) is 15.1 Å². The molecule has 1 saturated heterocycles. The van der Waals surface area contributed by atoms with Crippen LogP contribution in [-0.4, -0.2) is 72.9 Å². The quantitative estimate of drug-likeness (QED) is 0.359. The smallest absolute Gasteiger partial charge is 0.306 e. The summed E-state index contributed by atoms with van der Waals surface area (Å²) in [5.74, 6) is 1.02. The lowest BCUT2D eigenvalue weighted by Gasteiger charge is -2.30. The van der Waals surface area contributed by atoms with Crippen LogP contribution in [-0.2, 0) is 21.7 Å². The number of hydrogen-bond acceptors (Lipinski definition) is 7. The molecule has 2 unspecified atom stereocenters. The Morgan fingerprint density at radius 2 is 2.07 bits per heavy atom. The fraction of sp³-hybridized carbons (Fsp3) is 0.500. The number of allylic oxidation sites excluding steroid dienone is 1. The zero-order chi connectivity index (χ0) is 29.7. The van der Waals surface area contributed by atoms with Crippen molar-refractivity contribution in [1.29, 1.82) is 0 Å². The average molecular weight is 594 g/mol. The maximum Gasteiger partial charge on any atom is 0.306 e. The number of carbonyl (C=O) groups is 1. The fourth-order valence-corrected chi connectivity index (χ4v) is 6.49. The monoisotopic (exact) mass is 593 g/mol. The molecule has 8 heteroatoms. The molecule has 0 bridgehead atoms. The SMILES string of the molecule is COC(=O)CCN(Cc1ccc(Cl)cc1)[C@@H]1CCN(CC/C=C2/c3cc(C(C)(C)O)ccc3OCC3NC=CCC23)C1. The highest BCUT2D eigenvalue weighted by molar-refractivity contribution is 6.30. The molecule has 0 spiro atoms. The molecule has 3 atom stereocenters. The number of likely N-dealkylation sites (tertiary alicyclic amines) is 1. The van der Waals surface area contributed by atoms with Gasteiger partial charge in [0.05, 0.1) is 25.2 Å². The van der Waals surface area contributed by atoms with Gasteiger partial charge in [0.1, 0.15) is 12.4 Å². The van der Waals surface area contributed by atoms with E-state index >= 15 is 0 Å². The van der Waals surface area contributed by atoms with Gasteiger partial charge in [0, 0.05) is 48.7 Å². The van der Waals surface area contributed by atoms with E-state index in [0.717, 1.165) is 67.3 Å². The number of aliphatic hydroxyl groups is 1. The zero-order valence-corrected chi connectivity index (χ0v) is 25.8. The second-order valence-electron chi connectivity index (χ2n) is 12.2. The van der Waals surface area contributed by atoms with Crippen molar-refractivity contribution >= 4 is 23.1 Å². The molecule has 0 aromatic heterocycles.